The first-order chi connectivity index (χ1) is 14.4. The number of aromatic nitrogens is 2. The van der Waals surface area contributed by atoms with Crippen LogP contribution >= 0.6 is 0 Å². The van der Waals surface area contributed by atoms with E-state index < -0.39 is 16.1 Å². The molecule has 0 spiro atoms. The molecule has 0 fully saturated rings. The van der Waals surface area contributed by atoms with Crippen molar-refractivity contribution in [1.29, 1.82) is 0 Å². The third-order valence-corrected chi connectivity index (χ3v) is 6.77. The first-order valence-corrected chi connectivity index (χ1v) is 11.3. The normalized spacial score (nSPS) is 13.7. The lowest BCUT2D eigenvalue weighted by Gasteiger charge is -2.30. The van der Waals surface area contributed by atoms with E-state index in [4.69, 9.17) is 0 Å². The Bertz CT molecular complexity index is 1190. The van der Waals surface area contributed by atoms with Gasteiger partial charge in [-0.05, 0) is 43.9 Å². The number of aryl methyl sites for hydroxylation is 2. The number of rotatable bonds is 5. The van der Waals surface area contributed by atoms with Crippen molar-refractivity contribution in [1.82, 2.24) is 14.5 Å². The highest BCUT2D eigenvalue weighted by molar-refractivity contribution is 7.91. The number of fused-ring (bicyclic) bond motifs is 1. The van der Waals surface area contributed by atoms with Crippen LogP contribution in [0.4, 0.5) is 5.69 Å². The van der Waals surface area contributed by atoms with E-state index in [2.05, 4.69) is 9.82 Å². The quantitative estimate of drug-likeness (QED) is 0.682. The molecule has 8 heteroatoms. The predicted molar refractivity (Wildman–Crippen MR) is 116 cm³/mol. The lowest BCUT2D eigenvalue weighted by atomic mass is 10.0. The van der Waals surface area contributed by atoms with Crippen LogP contribution in [-0.4, -0.2) is 30.7 Å². The Morgan fingerprint density at radius 2 is 1.77 bits per heavy atom. The molecule has 1 aliphatic heterocycles. The summed E-state index contributed by atoms with van der Waals surface area (Å²) >= 11 is 0. The van der Waals surface area contributed by atoms with E-state index in [9.17, 15) is 13.2 Å². The molecule has 30 heavy (non-hydrogen) atoms. The summed E-state index contributed by atoms with van der Waals surface area (Å²) in [4.78, 5) is 13.0. The Balaban J connectivity index is 1.59. The SMILES string of the molecule is Cc1nn(Cc2ccccc2)c(C)c1C(=O)NS(=O)(=O)N1CCCc2ccccc21. The van der Waals surface area contributed by atoms with Crippen LogP contribution in [0, 0.1) is 13.8 Å². The molecule has 0 saturated heterocycles. The number of anilines is 1. The first-order valence-electron chi connectivity index (χ1n) is 9.87. The van der Waals surface area contributed by atoms with Crippen molar-refractivity contribution in [3.8, 4) is 0 Å². The molecular formula is C22H24N4O3S. The number of hydrogen-bond acceptors (Lipinski definition) is 4. The van der Waals surface area contributed by atoms with Crippen LogP contribution in [0.15, 0.2) is 54.6 Å². The summed E-state index contributed by atoms with van der Waals surface area (Å²) in [5.41, 5.74) is 4.05. The molecule has 7 nitrogen and oxygen atoms in total. The molecule has 1 N–H and O–H groups in total. The number of amides is 1. The molecular weight excluding hydrogens is 400 g/mol. The lowest BCUT2D eigenvalue weighted by Crippen LogP contribution is -2.46. The molecule has 0 aliphatic carbocycles. The van der Waals surface area contributed by atoms with E-state index in [0.29, 0.717) is 42.1 Å². The maximum absolute atomic E-state index is 13.0. The molecule has 4 rings (SSSR count). The number of para-hydroxylation sites is 1. The predicted octanol–water partition coefficient (Wildman–Crippen LogP) is 2.98. The van der Waals surface area contributed by atoms with Crippen LogP contribution in [-0.2, 0) is 23.2 Å². The van der Waals surface area contributed by atoms with Crippen LogP contribution in [0.1, 0.15) is 39.3 Å². The Morgan fingerprint density at radius 1 is 1.07 bits per heavy atom. The van der Waals surface area contributed by atoms with Gasteiger partial charge in [0.2, 0.25) is 0 Å². The Hall–Kier alpha value is -3.13. The molecule has 1 amide bonds. The van der Waals surface area contributed by atoms with Gasteiger partial charge in [0.25, 0.3) is 5.91 Å². The van der Waals surface area contributed by atoms with Crippen LogP contribution in [0.2, 0.25) is 0 Å². The van der Waals surface area contributed by atoms with Gasteiger partial charge in [-0.1, -0.05) is 48.5 Å². The molecule has 0 saturated carbocycles. The third kappa shape index (κ3) is 3.82. The van der Waals surface area contributed by atoms with E-state index in [1.54, 1.807) is 30.7 Å². The molecule has 156 valence electrons. The Morgan fingerprint density at radius 3 is 2.53 bits per heavy atom. The molecule has 0 unspecified atom stereocenters. The highest BCUT2D eigenvalue weighted by Gasteiger charge is 2.30. The highest BCUT2D eigenvalue weighted by Crippen LogP contribution is 2.28. The third-order valence-electron chi connectivity index (χ3n) is 5.36. The maximum Gasteiger partial charge on any atom is 0.326 e. The van der Waals surface area contributed by atoms with Gasteiger partial charge in [0, 0.05) is 12.2 Å². The van der Waals surface area contributed by atoms with Gasteiger partial charge in [-0.2, -0.15) is 13.5 Å². The number of carbonyl (C=O) groups is 1. The Kier molecular flexibility index (Phi) is 5.34. The summed E-state index contributed by atoms with van der Waals surface area (Å²) in [6.07, 6.45) is 1.53. The van der Waals surface area contributed by atoms with Crippen molar-refractivity contribution in [2.24, 2.45) is 0 Å². The van der Waals surface area contributed by atoms with Gasteiger partial charge >= 0.3 is 10.2 Å². The largest absolute Gasteiger partial charge is 0.326 e. The average Bonchev–Trinajstić information content (AvgIpc) is 3.01. The molecule has 0 bridgehead atoms. The van der Waals surface area contributed by atoms with E-state index in [0.717, 1.165) is 17.5 Å². The first kappa shape index (κ1) is 20.2. The molecule has 3 aromatic rings. The molecule has 1 aliphatic rings. The van der Waals surface area contributed by atoms with Crippen molar-refractivity contribution < 1.29 is 13.2 Å². The average molecular weight is 425 g/mol. The monoisotopic (exact) mass is 424 g/mol. The van der Waals surface area contributed by atoms with Crippen molar-refractivity contribution in [2.75, 3.05) is 10.8 Å². The van der Waals surface area contributed by atoms with E-state index in [-0.39, 0.29) is 0 Å². The van der Waals surface area contributed by atoms with Gasteiger partial charge in [-0.3, -0.25) is 13.8 Å². The molecule has 0 atom stereocenters. The minimum atomic E-state index is -4.03. The Labute approximate surface area is 176 Å². The van der Waals surface area contributed by atoms with Gasteiger partial charge in [-0.15, -0.1) is 0 Å². The number of nitrogens with zero attached hydrogens (tertiary/aromatic N) is 3. The van der Waals surface area contributed by atoms with Crippen LogP contribution in [0.5, 0.6) is 0 Å². The van der Waals surface area contributed by atoms with Gasteiger partial charge in [0.05, 0.1) is 23.5 Å². The fourth-order valence-corrected chi connectivity index (χ4v) is 5.16. The van der Waals surface area contributed by atoms with Crippen molar-refractivity contribution in [2.45, 2.75) is 33.2 Å². The zero-order valence-electron chi connectivity index (χ0n) is 17.0. The number of hydrogen-bond donors (Lipinski definition) is 1. The summed E-state index contributed by atoms with van der Waals surface area (Å²) in [7, 11) is -4.03. The summed E-state index contributed by atoms with van der Waals surface area (Å²) in [6.45, 7) is 4.34. The number of carbonyl (C=O) groups excluding carboxylic acids is 1. The zero-order chi connectivity index (χ0) is 21.3. The molecule has 0 radical (unpaired) electrons. The molecule has 2 aromatic carbocycles. The molecule has 1 aromatic heterocycles. The highest BCUT2D eigenvalue weighted by atomic mass is 32.2. The zero-order valence-corrected chi connectivity index (χ0v) is 17.8. The van der Waals surface area contributed by atoms with Gasteiger partial charge in [0.15, 0.2) is 0 Å². The van der Waals surface area contributed by atoms with E-state index in [1.165, 1.54) is 4.31 Å². The lowest BCUT2D eigenvalue weighted by molar-refractivity contribution is 0.0980. The van der Waals surface area contributed by atoms with Crippen molar-refractivity contribution in [3.63, 3.8) is 0 Å². The van der Waals surface area contributed by atoms with Gasteiger partial charge < -0.3 is 0 Å². The minimum Gasteiger partial charge on any atom is -0.268 e. The fourth-order valence-electron chi connectivity index (χ4n) is 3.91. The van der Waals surface area contributed by atoms with Crippen LogP contribution in [0.3, 0.4) is 0 Å². The van der Waals surface area contributed by atoms with Gasteiger partial charge in [-0.25, -0.2) is 4.72 Å². The van der Waals surface area contributed by atoms with Gasteiger partial charge in [0.1, 0.15) is 0 Å². The minimum absolute atomic E-state index is 0.291. The summed E-state index contributed by atoms with van der Waals surface area (Å²) in [6, 6.07) is 17.2. The second-order valence-electron chi connectivity index (χ2n) is 7.43. The van der Waals surface area contributed by atoms with E-state index in [1.807, 2.05) is 42.5 Å². The number of benzene rings is 2. The van der Waals surface area contributed by atoms with Crippen molar-refractivity contribution in [3.05, 3.63) is 82.7 Å². The standard InChI is InChI=1S/C22H24N4O3S/c1-16-21(17(2)25(23-16)15-18-9-4-3-5-10-18)22(27)24-30(28,29)26-14-8-12-19-11-6-7-13-20(19)26/h3-7,9-11,13H,8,12,14-15H2,1-2H3,(H,24,27). The molecule has 2 heterocycles. The fraction of sp³-hybridized carbons (Fsp3) is 0.273. The summed E-state index contributed by atoms with van der Waals surface area (Å²) in [5.74, 6) is -0.660. The second-order valence-corrected chi connectivity index (χ2v) is 9.02. The number of nitrogens with one attached hydrogen (secondary N) is 1. The van der Waals surface area contributed by atoms with Crippen LogP contribution in [0.25, 0.3) is 0 Å². The topological polar surface area (TPSA) is 84.3 Å². The van der Waals surface area contributed by atoms with Crippen LogP contribution < -0.4 is 9.03 Å². The smallest absolute Gasteiger partial charge is 0.268 e. The second kappa shape index (κ2) is 7.95. The van der Waals surface area contributed by atoms with Crippen molar-refractivity contribution >= 4 is 21.8 Å². The van der Waals surface area contributed by atoms with E-state index >= 15 is 0 Å². The maximum atomic E-state index is 13.0. The summed E-state index contributed by atoms with van der Waals surface area (Å²) < 4.78 is 31.3. The summed E-state index contributed by atoms with van der Waals surface area (Å²) in [5, 5.41) is 4.45.